The highest BCUT2D eigenvalue weighted by atomic mass is 35.5. The molecule has 0 fully saturated rings. The maximum atomic E-state index is 12.3. The smallest absolute Gasteiger partial charge is 0.203 e. The molecule has 2 aliphatic rings. The average Bonchev–Trinajstić information content (AvgIpc) is 2.37. The fourth-order valence-electron chi connectivity index (χ4n) is 2.46. The fraction of sp³-hybridized carbons (Fsp3) is 0.214. The van der Waals surface area contributed by atoms with Crippen molar-refractivity contribution in [3.05, 3.63) is 53.1 Å². The molecule has 0 amide bonds. The second-order valence-electron chi connectivity index (χ2n) is 4.28. The summed E-state index contributed by atoms with van der Waals surface area (Å²) in [5, 5.41) is 0. The molecular formula is C14H10Cl2O. The van der Waals surface area contributed by atoms with Crippen molar-refractivity contribution in [2.24, 2.45) is 0 Å². The van der Waals surface area contributed by atoms with Crippen molar-refractivity contribution in [1.82, 2.24) is 0 Å². The van der Waals surface area contributed by atoms with E-state index < -0.39 is 4.33 Å². The Morgan fingerprint density at radius 1 is 1.12 bits per heavy atom. The summed E-state index contributed by atoms with van der Waals surface area (Å²) in [4.78, 5) is 12.3. The van der Waals surface area contributed by atoms with E-state index >= 15 is 0 Å². The molecule has 0 heterocycles. The topological polar surface area (TPSA) is 17.1 Å². The molecule has 3 rings (SSSR count). The third-order valence-corrected chi connectivity index (χ3v) is 4.10. The van der Waals surface area contributed by atoms with E-state index in [-0.39, 0.29) is 5.78 Å². The molecule has 86 valence electrons. The molecule has 3 heteroatoms. The maximum Gasteiger partial charge on any atom is 0.203 e. The van der Waals surface area contributed by atoms with Crippen molar-refractivity contribution in [2.75, 3.05) is 0 Å². The van der Waals surface area contributed by atoms with Gasteiger partial charge in [0.25, 0.3) is 0 Å². The highest BCUT2D eigenvalue weighted by Gasteiger charge is 2.44. The standard InChI is InChI=1S/C14H10Cl2O/c15-14(16)12-8-4-3-6-10(12)9-5-1-2-7-11(9)13(14)17/h1-3,5-7H,4,8H2. The van der Waals surface area contributed by atoms with Crippen LogP contribution in [0.5, 0.6) is 0 Å². The SMILES string of the molecule is O=C1c2ccccc2C2=C(CCC=C2)C1(Cl)Cl. The van der Waals surface area contributed by atoms with Crippen molar-refractivity contribution in [3.63, 3.8) is 0 Å². The molecule has 0 aromatic heterocycles. The highest BCUT2D eigenvalue weighted by molar-refractivity contribution is 6.63. The van der Waals surface area contributed by atoms with Crippen LogP contribution in [-0.4, -0.2) is 10.1 Å². The van der Waals surface area contributed by atoms with Crippen LogP contribution < -0.4 is 0 Å². The summed E-state index contributed by atoms with van der Waals surface area (Å²) in [6, 6.07) is 7.48. The summed E-state index contributed by atoms with van der Waals surface area (Å²) in [5.41, 5.74) is 3.41. The quantitative estimate of drug-likeness (QED) is 0.644. The summed E-state index contributed by atoms with van der Waals surface area (Å²) >= 11 is 12.5. The van der Waals surface area contributed by atoms with Gasteiger partial charge in [-0.3, -0.25) is 4.79 Å². The number of halogens is 2. The van der Waals surface area contributed by atoms with Gasteiger partial charge >= 0.3 is 0 Å². The van der Waals surface area contributed by atoms with E-state index in [0.717, 1.165) is 29.6 Å². The maximum absolute atomic E-state index is 12.3. The number of carbonyl (C=O) groups is 1. The number of benzene rings is 1. The normalized spacial score (nSPS) is 21.2. The van der Waals surface area contributed by atoms with Gasteiger partial charge in [-0.1, -0.05) is 59.6 Å². The van der Waals surface area contributed by atoms with E-state index in [1.807, 2.05) is 24.3 Å². The Labute approximate surface area is 110 Å². The molecule has 0 unspecified atom stereocenters. The van der Waals surface area contributed by atoms with Crippen LogP contribution in [0.25, 0.3) is 5.57 Å². The highest BCUT2D eigenvalue weighted by Crippen LogP contribution is 2.47. The molecule has 2 aliphatic carbocycles. The van der Waals surface area contributed by atoms with Crippen molar-refractivity contribution in [2.45, 2.75) is 17.2 Å². The van der Waals surface area contributed by atoms with Crippen molar-refractivity contribution in [3.8, 4) is 0 Å². The van der Waals surface area contributed by atoms with Gasteiger partial charge in [0.2, 0.25) is 10.1 Å². The summed E-state index contributed by atoms with van der Waals surface area (Å²) in [6.07, 6.45) is 5.74. The van der Waals surface area contributed by atoms with Gasteiger partial charge in [-0.05, 0) is 29.6 Å². The Morgan fingerprint density at radius 3 is 2.59 bits per heavy atom. The van der Waals surface area contributed by atoms with E-state index in [9.17, 15) is 4.79 Å². The zero-order chi connectivity index (χ0) is 12.0. The largest absolute Gasteiger partial charge is 0.290 e. The summed E-state index contributed by atoms with van der Waals surface area (Å²) < 4.78 is -1.39. The van der Waals surface area contributed by atoms with Crippen LogP contribution in [0.1, 0.15) is 28.8 Å². The van der Waals surface area contributed by atoms with Gasteiger partial charge in [0.05, 0.1) is 0 Å². The van der Waals surface area contributed by atoms with Gasteiger partial charge in [0.1, 0.15) is 0 Å². The fourth-order valence-corrected chi connectivity index (χ4v) is 3.06. The molecule has 1 aromatic rings. The first-order valence-corrected chi connectivity index (χ1v) is 6.30. The average molecular weight is 265 g/mol. The Hall–Kier alpha value is -1.05. The van der Waals surface area contributed by atoms with Crippen molar-refractivity contribution >= 4 is 34.6 Å². The van der Waals surface area contributed by atoms with Gasteiger partial charge in [-0.25, -0.2) is 0 Å². The lowest BCUT2D eigenvalue weighted by molar-refractivity contribution is 0.0981. The first-order valence-electron chi connectivity index (χ1n) is 5.54. The summed E-state index contributed by atoms with van der Waals surface area (Å²) in [5.74, 6) is -0.203. The van der Waals surface area contributed by atoms with E-state index in [4.69, 9.17) is 23.2 Å². The zero-order valence-corrected chi connectivity index (χ0v) is 10.6. The lowest BCUT2D eigenvalue weighted by atomic mass is 9.80. The zero-order valence-electron chi connectivity index (χ0n) is 9.04. The predicted molar refractivity (Wildman–Crippen MR) is 70.5 cm³/mol. The van der Waals surface area contributed by atoms with E-state index in [2.05, 4.69) is 6.08 Å². The lowest BCUT2D eigenvalue weighted by Crippen LogP contribution is -2.34. The minimum atomic E-state index is -1.39. The lowest BCUT2D eigenvalue weighted by Gasteiger charge is -2.32. The Balaban J connectivity index is 2.34. The number of rotatable bonds is 0. The molecule has 17 heavy (non-hydrogen) atoms. The predicted octanol–water partition coefficient (Wildman–Crippen LogP) is 4.16. The molecule has 0 saturated heterocycles. The number of fused-ring (bicyclic) bond motifs is 2. The molecular weight excluding hydrogens is 255 g/mol. The molecule has 0 saturated carbocycles. The molecule has 0 spiro atoms. The number of hydrogen-bond donors (Lipinski definition) is 0. The number of hydrogen-bond acceptors (Lipinski definition) is 1. The van der Waals surface area contributed by atoms with E-state index in [1.54, 1.807) is 6.07 Å². The van der Waals surface area contributed by atoms with Crippen LogP contribution in [0, 0.1) is 0 Å². The number of carbonyl (C=O) groups excluding carboxylic acids is 1. The number of allylic oxidation sites excluding steroid dienone is 4. The van der Waals surface area contributed by atoms with Gasteiger partial charge < -0.3 is 0 Å². The van der Waals surface area contributed by atoms with E-state index in [0.29, 0.717) is 5.56 Å². The number of Topliss-reactive ketones (excluding diaryl/α,β-unsaturated/α-hetero) is 1. The van der Waals surface area contributed by atoms with Crippen LogP contribution in [0.2, 0.25) is 0 Å². The van der Waals surface area contributed by atoms with Crippen LogP contribution >= 0.6 is 23.2 Å². The first-order chi connectivity index (χ1) is 8.12. The summed E-state index contributed by atoms with van der Waals surface area (Å²) in [6.45, 7) is 0. The van der Waals surface area contributed by atoms with Crippen LogP contribution in [0.15, 0.2) is 42.0 Å². The minimum absolute atomic E-state index is 0.203. The van der Waals surface area contributed by atoms with Gasteiger partial charge in [-0.15, -0.1) is 0 Å². The van der Waals surface area contributed by atoms with Crippen LogP contribution in [0.3, 0.4) is 0 Å². The molecule has 1 aromatic carbocycles. The van der Waals surface area contributed by atoms with Crippen molar-refractivity contribution in [1.29, 1.82) is 0 Å². The number of alkyl halides is 2. The number of ketones is 1. The molecule has 0 aliphatic heterocycles. The Bertz CT molecular complexity index is 567. The Morgan fingerprint density at radius 2 is 1.82 bits per heavy atom. The van der Waals surface area contributed by atoms with Crippen LogP contribution in [0.4, 0.5) is 0 Å². The molecule has 0 N–H and O–H groups in total. The van der Waals surface area contributed by atoms with Crippen molar-refractivity contribution < 1.29 is 4.79 Å². The second kappa shape index (κ2) is 3.72. The summed E-state index contributed by atoms with van der Waals surface area (Å²) in [7, 11) is 0. The minimum Gasteiger partial charge on any atom is -0.290 e. The molecule has 0 atom stereocenters. The van der Waals surface area contributed by atoms with Gasteiger partial charge in [0.15, 0.2) is 0 Å². The second-order valence-corrected chi connectivity index (χ2v) is 5.61. The molecule has 0 bridgehead atoms. The third-order valence-electron chi connectivity index (χ3n) is 3.30. The van der Waals surface area contributed by atoms with Crippen LogP contribution in [-0.2, 0) is 0 Å². The van der Waals surface area contributed by atoms with Gasteiger partial charge in [-0.2, -0.15) is 0 Å². The van der Waals surface area contributed by atoms with Gasteiger partial charge in [0, 0.05) is 5.56 Å². The molecule has 0 radical (unpaired) electrons. The monoisotopic (exact) mass is 264 g/mol. The third kappa shape index (κ3) is 1.50. The van der Waals surface area contributed by atoms with E-state index in [1.165, 1.54) is 0 Å². The molecule has 1 nitrogen and oxygen atoms in total. The first kappa shape index (κ1) is 11.1. The Kier molecular flexibility index (Phi) is 2.42.